The van der Waals surface area contributed by atoms with E-state index < -0.39 is 106 Å². The van der Waals surface area contributed by atoms with Gasteiger partial charge in [-0.1, -0.05) is 36.4 Å². The monoisotopic (exact) mass is 1550 g/mol. The van der Waals surface area contributed by atoms with E-state index in [1.807, 2.05) is 86.3 Å². The van der Waals surface area contributed by atoms with Crippen molar-refractivity contribution in [3.05, 3.63) is 149 Å². The van der Waals surface area contributed by atoms with Crippen molar-refractivity contribution in [1.29, 1.82) is 5.26 Å². The fourth-order valence-corrected chi connectivity index (χ4v) is 24.4. The molecule has 0 saturated carbocycles. The smallest absolute Gasteiger partial charge is 0.333 e. The number of carbonyl (C=O) groups excluding carboxylic acids is 8. The topological polar surface area (TPSA) is 341 Å². The molecule has 22 rings (SSSR count). The van der Waals surface area contributed by atoms with E-state index in [2.05, 4.69) is 36.5 Å². The van der Waals surface area contributed by atoms with Crippen LogP contribution in [0.25, 0.3) is 21.8 Å². The van der Waals surface area contributed by atoms with Gasteiger partial charge in [0.05, 0.1) is 72.4 Å². The summed E-state index contributed by atoms with van der Waals surface area (Å²) in [6.45, 7) is 9.96. The number of fused-ring (bicyclic) bond motifs is 20. The summed E-state index contributed by atoms with van der Waals surface area (Å²) in [5.41, 5.74) is 8.23. The summed E-state index contributed by atoms with van der Waals surface area (Å²) < 4.78 is 60.7. The highest BCUT2D eigenvalue weighted by Crippen LogP contribution is 2.66. The molecule has 2 spiro atoms. The van der Waals surface area contributed by atoms with Gasteiger partial charge in [-0.15, -0.1) is 23.5 Å². The number of benzene rings is 4. The number of hydrogen-bond acceptors (Lipinski definition) is 28. The van der Waals surface area contributed by atoms with Crippen LogP contribution in [0.4, 0.5) is 0 Å². The lowest BCUT2D eigenvalue weighted by molar-refractivity contribution is -0.181. The highest BCUT2D eigenvalue weighted by Gasteiger charge is 2.66. The maximum absolute atomic E-state index is 14.8. The highest BCUT2D eigenvalue weighted by atomic mass is 32.2. The van der Waals surface area contributed by atoms with E-state index in [9.17, 15) is 48.7 Å². The Kier molecular flexibility index (Phi) is 16.7. The predicted octanol–water partition coefficient (Wildman–Crippen LogP) is 6.58. The molecule has 2 unspecified atom stereocenters. The first-order valence-corrected chi connectivity index (χ1v) is 39.4. The Balaban J connectivity index is 0.000000150. The number of methoxy groups -OCH3 is 2. The Morgan fingerprint density at radius 3 is 1.45 bits per heavy atom. The third-order valence-corrected chi connectivity index (χ3v) is 28.7. The quantitative estimate of drug-likeness (QED) is 0.0707. The van der Waals surface area contributed by atoms with Crippen LogP contribution in [0.1, 0.15) is 119 Å². The third kappa shape index (κ3) is 9.79. The van der Waals surface area contributed by atoms with Crippen molar-refractivity contribution in [3.63, 3.8) is 0 Å². The number of aromatic nitrogens is 2. The van der Waals surface area contributed by atoms with Crippen molar-refractivity contribution in [1.82, 2.24) is 40.2 Å². The van der Waals surface area contributed by atoms with Crippen molar-refractivity contribution in [2.45, 2.75) is 149 Å². The summed E-state index contributed by atoms with van der Waals surface area (Å²) in [5.74, 6) is -0.709. The molecule has 4 fully saturated rings. The van der Waals surface area contributed by atoms with Crippen LogP contribution in [-0.2, 0) is 81.2 Å². The second-order valence-corrected chi connectivity index (χ2v) is 33.1. The minimum atomic E-state index is -1.30. The fraction of sp³-hybridized carbons (Fsp3) is 0.444. The first kappa shape index (κ1) is 71.5. The molecular weight excluding hydrogens is 1470 g/mol. The van der Waals surface area contributed by atoms with E-state index in [0.29, 0.717) is 116 Å². The number of Topliss-reactive ketones (excluding diaryl/α,β-unsaturated/α-hetero) is 4. The molecule has 14 atom stereocenters. The molecule has 14 aliphatic heterocycles. The molecule has 30 heteroatoms. The van der Waals surface area contributed by atoms with Crippen LogP contribution >= 0.6 is 23.5 Å². The Bertz CT molecular complexity index is 5460. The predicted molar refractivity (Wildman–Crippen MR) is 398 cm³/mol. The third-order valence-electron chi connectivity index (χ3n) is 25.7. The molecule has 0 amide bonds. The van der Waals surface area contributed by atoms with E-state index in [0.717, 1.165) is 44.3 Å². The zero-order chi connectivity index (χ0) is 77.2. The van der Waals surface area contributed by atoms with Crippen LogP contribution in [-0.4, -0.2) is 210 Å². The Hall–Kier alpha value is -9.81. The number of H-pyrrole nitrogens is 2. The number of ketones is 4. The standard InChI is InChI=1S/C41H39N5O9S.C40H40N4O10S/c1-17-32(48)22-12-24-25(13-42)46-26-14-52-40(50)41(39-21(10-11-43-41)20-8-6-7-9-23(20)44-39)15-56-38(31(46)30(45(24)4)27(22)33(49)35(17)51-5)29-28(26)37-36(53-16-54-37)18(2)34(29)55-19(3)47;1-16-30(46)21-12-23-38(48)44-24-13-51-39(49)40(37-20(10-11-41-40)19-8-6-7-9-22(19)42-37)14-55-36(29(44)28(43(23)4)25(21)31(47)33(16)50-5)27-26(24)35-34(52-15-53-35)17(2)32(27)54-18(3)45/h6-9,24-26,30-31,38,43-44H,10-12,14-16H2,1-5H3;6-9,23-24,28-29,36,38,41-42,48H,10-15H2,1-5H3/t24-,25-,26-,30+,31?,38+,41+;23-,24-,28+,29?,36+,38-,40+/m00/s1. The molecule has 28 nitrogen and oxygen atoms in total. The molecule has 0 radical (unpaired) electrons. The molecule has 574 valence electrons. The number of hydrogen-bond donors (Lipinski definition) is 5. The number of nitrogens with zero attached hydrogens (tertiary/aromatic N) is 5. The number of aliphatic hydroxyl groups excluding tert-OH is 1. The summed E-state index contributed by atoms with van der Waals surface area (Å²) >= 11 is 2.91. The molecule has 16 heterocycles. The lowest BCUT2D eigenvalue weighted by atomic mass is 9.68. The van der Waals surface area contributed by atoms with Crippen molar-refractivity contribution < 1.29 is 90.8 Å². The van der Waals surface area contributed by atoms with Gasteiger partial charge < -0.3 is 62.4 Å². The normalized spacial score (nSPS) is 31.0. The Labute approximate surface area is 644 Å². The van der Waals surface area contributed by atoms with Gasteiger partial charge >= 0.3 is 23.9 Å². The first-order chi connectivity index (χ1) is 53.5. The average Bonchev–Trinajstić information content (AvgIpc) is 0.878. The van der Waals surface area contributed by atoms with Gasteiger partial charge in [0, 0.05) is 145 Å². The number of rotatable bonds is 4. The molecule has 8 bridgehead atoms. The zero-order valence-electron chi connectivity index (χ0n) is 62.4. The number of nitriles is 1. The maximum atomic E-state index is 14.8. The second-order valence-electron chi connectivity index (χ2n) is 30.8. The number of likely N-dealkylation sites (N-methyl/N-ethyl adjacent to an activating group) is 2. The minimum Gasteiger partial charge on any atom is -0.492 e. The molecule has 2 aromatic heterocycles. The van der Waals surface area contributed by atoms with E-state index in [1.165, 1.54) is 51.6 Å². The summed E-state index contributed by atoms with van der Waals surface area (Å²) in [6.07, 6.45) is 0.522. The zero-order valence-corrected chi connectivity index (χ0v) is 64.0. The number of aliphatic hydroxyl groups is 1. The molecule has 5 N–H and O–H groups in total. The summed E-state index contributed by atoms with van der Waals surface area (Å²) in [6, 6.07) is 12.2. The van der Waals surface area contributed by atoms with Crippen molar-refractivity contribution >= 4 is 92.3 Å². The van der Waals surface area contributed by atoms with Gasteiger partial charge in [-0.3, -0.25) is 59.0 Å². The number of esters is 4. The number of allylic oxidation sites excluding steroid dienone is 4. The Morgan fingerprint density at radius 2 is 1.00 bits per heavy atom. The Morgan fingerprint density at radius 1 is 0.577 bits per heavy atom. The molecule has 4 aromatic carbocycles. The van der Waals surface area contributed by atoms with Crippen LogP contribution in [0.15, 0.2) is 93.5 Å². The number of aromatic amines is 2. The lowest BCUT2D eigenvalue weighted by Crippen LogP contribution is -2.73. The van der Waals surface area contributed by atoms with Crippen LogP contribution in [0.5, 0.6) is 34.5 Å². The van der Waals surface area contributed by atoms with Gasteiger partial charge in [-0.05, 0) is 90.7 Å². The second kappa shape index (κ2) is 25.9. The van der Waals surface area contributed by atoms with Gasteiger partial charge in [0.2, 0.25) is 25.2 Å². The van der Waals surface area contributed by atoms with Gasteiger partial charge in [0.15, 0.2) is 57.2 Å². The van der Waals surface area contributed by atoms with Crippen LogP contribution < -0.4 is 39.1 Å². The van der Waals surface area contributed by atoms with Crippen molar-refractivity contribution in [2.75, 3.05) is 79.7 Å². The SMILES string of the molecule is COC1=C(C)C(=O)C2=C(C1=O)[C@@H]1C3[C@@H]4SC[C@]5(NCCc6c5[nH]c5ccccc65)C(=O)OC[C@@H](c5c6c(c(C)c(OC(C)=O)c54)OCO6)N3[C@@H](C#N)[C@H](C2)N1C.COC1=C(C)C(=O)C2=C(C1=O)[C@@H]1C3[C@@H]4SC[C@]5(NCCc6c5[nH]c5ccccc65)C(=O)OC[C@@H](c5c6c(c(C)c(OC(C)=O)c54)OCO6)N3[C@@H](O)[C@H](C2)N1C. The minimum absolute atomic E-state index is 0.00178. The molecular formula is C81H79N9O19S2. The molecule has 4 saturated heterocycles. The average molecular weight is 1550 g/mol. The van der Waals surface area contributed by atoms with E-state index in [1.54, 1.807) is 13.8 Å². The molecule has 6 aromatic rings. The van der Waals surface area contributed by atoms with Crippen LogP contribution in [0.3, 0.4) is 0 Å². The van der Waals surface area contributed by atoms with Gasteiger partial charge in [0.1, 0.15) is 37.0 Å². The van der Waals surface area contributed by atoms with Crippen LogP contribution in [0.2, 0.25) is 0 Å². The maximum Gasteiger partial charge on any atom is 0.333 e. The van der Waals surface area contributed by atoms with Gasteiger partial charge in [-0.2, -0.15) is 5.26 Å². The first-order valence-electron chi connectivity index (χ1n) is 37.3. The number of para-hydroxylation sites is 2. The van der Waals surface area contributed by atoms with Crippen molar-refractivity contribution in [3.8, 4) is 40.6 Å². The van der Waals surface area contributed by atoms with Gasteiger partial charge in [0.25, 0.3) is 0 Å². The number of ether oxygens (including phenoxy) is 10. The van der Waals surface area contributed by atoms with Crippen LogP contribution in [0, 0.1) is 25.2 Å². The van der Waals surface area contributed by atoms with Gasteiger partial charge in [-0.25, -0.2) is 9.59 Å². The number of piperazine rings is 2. The summed E-state index contributed by atoms with van der Waals surface area (Å²) in [5, 5.41) is 31.6. The van der Waals surface area contributed by atoms with E-state index >= 15 is 0 Å². The fourth-order valence-electron chi connectivity index (χ4n) is 21.0. The van der Waals surface area contributed by atoms with Crippen molar-refractivity contribution in [2.24, 2.45) is 0 Å². The number of carbonyl (C=O) groups is 8. The molecule has 111 heavy (non-hydrogen) atoms. The summed E-state index contributed by atoms with van der Waals surface area (Å²) in [4.78, 5) is 128. The van der Waals surface area contributed by atoms with E-state index in [4.69, 9.17) is 47.4 Å². The number of nitrogens with one attached hydrogen (secondary N) is 4. The number of thioether (sulfide) groups is 2. The molecule has 16 aliphatic rings. The lowest BCUT2D eigenvalue weighted by Gasteiger charge is -2.62. The van der Waals surface area contributed by atoms with E-state index in [-0.39, 0.29) is 96.9 Å². The largest absolute Gasteiger partial charge is 0.492 e. The molecule has 2 aliphatic carbocycles. The highest BCUT2D eigenvalue weighted by molar-refractivity contribution is 7.99. The summed E-state index contributed by atoms with van der Waals surface area (Å²) in [7, 11) is 6.54.